The zero-order valence-corrected chi connectivity index (χ0v) is 26.3. The minimum absolute atomic E-state index is 0.0275. The average Bonchev–Trinajstić information content (AvgIpc) is 3.73. The minimum atomic E-state index is -2.01. The van der Waals surface area contributed by atoms with Crippen LogP contribution in [0, 0.1) is 0 Å². The van der Waals surface area contributed by atoms with Gasteiger partial charge in [0, 0.05) is 6.42 Å². The number of imidazole rings is 1. The standard InChI is InChI=1S/C36H34N5O5P/c37-35-32-36(39-23-38-35)41(24-40-32)31-21-29(42)30(44-31)22-43-47(45-33(25-13-5-1-6-14-25)26-15-7-2-8-16-26)46-34(27-17-9-3-10-18-27)28-19-11-4-12-20-28/h1-20,23-24,29-31,33-34,42H,21-22H2,(H2,37,38,39)/t29-,30+,31+/m0/s1. The molecule has 1 saturated heterocycles. The number of hydrogen-bond donors (Lipinski definition) is 2. The van der Waals surface area contributed by atoms with Crippen molar-refractivity contribution in [1.29, 1.82) is 0 Å². The second-order valence-corrected chi connectivity index (χ2v) is 12.3. The number of aliphatic hydroxyl groups excluding tert-OH is 1. The predicted molar refractivity (Wildman–Crippen MR) is 179 cm³/mol. The summed E-state index contributed by atoms with van der Waals surface area (Å²) in [4.78, 5) is 12.7. The second-order valence-electron chi connectivity index (χ2n) is 11.1. The number of aliphatic hydroxyl groups is 1. The van der Waals surface area contributed by atoms with Gasteiger partial charge >= 0.3 is 8.60 Å². The second kappa shape index (κ2) is 14.5. The number of benzene rings is 4. The zero-order valence-electron chi connectivity index (χ0n) is 25.4. The third-order valence-electron chi connectivity index (χ3n) is 8.04. The van der Waals surface area contributed by atoms with Gasteiger partial charge in [0.05, 0.1) is 19.0 Å². The summed E-state index contributed by atoms with van der Waals surface area (Å²) < 4.78 is 28.1. The lowest BCUT2D eigenvalue weighted by Crippen LogP contribution is -2.26. The van der Waals surface area contributed by atoms with Crippen LogP contribution in [-0.2, 0) is 18.3 Å². The Balaban J connectivity index is 1.17. The largest absolute Gasteiger partial charge is 0.390 e. The molecule has 4 aromatic carbocycles. The Kier molecular flexibility index (Phi) is 9.58. The van der Waals surface area contributed by atoms with E-state index in [4.69, 9.17) is 24.0 Å². The Morgan fingerprint density at radius 1 is 0.745 bits per heavy atom. The van der Waals surface area contributed by atoms with Crippen LogP contribution in [0.4, 0.5) is 5.82 Å². The van der Waals surface area contributed by atoms with Gasteiger partial charge in [0.25, 0.3) is 0 Å². The Morgan fingerprint density at radius 3 is 1.72 bits per heavy atom. The number of ether oxygens (including phenoxy) is 1. The molecule has 3 heterocycles. The van der Waals surface area contributed by atoms with E-state index < -0.39 is 39.2 Å². The highest BCUT2D eigenvalue weighted by Gasteiger charge is 2.38. The van der Waals surface area contributed by atoms with E-state index in [2.05, 4.69) is 15.0 Å². The van der Waals surface area contributed by atoms with Crippen molar-refractivity contribution in [1.82, 2.24) is 19.5 Å². The molecule has 0 amide bonds. The molecule has 3 N–H and O–H groups in total. The Morgan fingerprint density at radius 2 is 1.23 bits per heavy atom. The third kappa shape index (κ3) is 7.08. The van der Waals surface area contributed by atoms with Crippen LogP contribution in [0.25, 0.3) is 11.2 Å². The summed E-state index contributed by atoms with van der Waals surface area (Å²) in [6, 6.07) is 40.0. The van der Waals surface area contributed by atoms with Gasteiger partial charge in [-0.15, -0.1) is 0 Å². The molecule has 2 aromatic heterocycles. The molecule has 0 spiro atoms. The van der Waals surface area contributed by atoms with E-state index in [-0.39, 0.29) is 12.4 Å². The fourth-order valence-corrected chi connectivity index (χ4v) is 6.92. The molecule has 0 radical (unpaired) electrons. The van der Waals surface area contributed by atoms with Gasteiger partial charge in [0.2, 0.25) is 0 Å². The van der Waals surface area contributed by atoms with Crippen molar-refractivity contribution in [3.05, 3.63) is 156 Å². The highest BCUT2D eigenvalue weighted by molar-refractivity contribution is 7.41. The van der Waals surface area contributed by atoms with Gasteiger partial charge in [-0.25, -0.2) is 15.0 Å². The number of fused-ring (bicyclic) bond motifs is 1. The normalized spacial score (nSPS) is 18.1. The molecule has 11 heteroatoms. The molecule has 6 aromatic rings. The summed E-state index contributed by atoms with van der Waals surface area (Å²) in [6.45, 7) is 0.0275. The smallest absolute Gasteiger partial charge is 0.334 e. The molecule has 0 bridgehead atoms. The summed E-state index contributed by atoms with van der Waals surface area (Å²) in [7, 11) is -2.01. The van der Waals surface area contributed by atoms with Gasteiger partial charge in [-0.05, 0) is 22.3 Å². The molecule has 3 atom stereocenters. The van der Waals surface area contributed by atoms with Crippen LogP contribution in [0.1, 0.15) is 47.1 Å². The molecule has 47 heavy (non-hydrogen) atoms. The number of aromatic nitrogens is 4. The third-order valence-corrected chi connectivity index (χ3v) is 9.16. The summed E-state index contributed by atoms with van der Waals surface area (Å²) in [6.07, 6.45) is 0.365. The van der Waals surface area contributed by atoms with Crippen LogP contribution in [-0.4, -0.2) is 43.4 Å². The number of anilines is 1. The van der Waals surface area contributed by atoms with Crippen LogP contribution < -0.4 is 5.73 Å². The fraction of sp³-hybridized carbons (Fsp3) is 0.194. The Hall–Kier alpha value is -4.54. The van der Waals surface area contributed by atoms with Gasteiger partial charge in [0.15, 0.2) is 11.5 Å². The van der Waals surface area contributed by atoms with Crippen LogP contribution in [0.3, 0.4) is 0 Å². The molecule has 7 rings (SSSR count). The van der Waals surface area contributed by atoms with Gasteiger partial charge in [-0.2, -0.15) is 0 Å². The van der Waals surface area contributed by atoms with Crippen molar-refractivity contribution < 1.29 is 23.4 Å². The molecular formula is C36H34N5O5P. The quantitative estimate of drug-likeness (QED) is 0.136. The lowest BCUT2D eigenvalue weighted by molar-refractivity contribution is -0.0435. The number of hydrogen-bond acceptors (Lipinski definition) is 9. The lowest BCUT2D eigenvalue weighted by atomic mass is 10.0. The van der Waals surface area contributed by atoms with E-state index in [0.717, 1.165) is 22.3 Å². The predicted octanol–water partition coefficient (Wildman–Crippen LogP) is 6.91. The summed E-state index contributed by atoms with van der Waals surface area (Å²) in [5, 5.41) is 11.1. The highest BCUT2D eigenvalue weighted by atomic mass is 31.2. The Bertz CT molecular complexity index is 1700. The average molecular weight is 648 g/mol. The van der Waals surface area contributed by atoms with Crippen LogP contribution in [0.2, 0.25) is 0 Å². The first-order valence-corrected chi connectivity index (χ1v) is 16.5. The fourth-order valence-electron chi connectivity index (χ4n) is 5.65. The van der Waals surface area contributed by atoms with Crippen molar-refractivity contribution >= 4 is 25.6 Å². The molecular weight excluding hydrogens is 613 g/mol. The first-order chi connectivity index (χ1) is 23.1. The number of nitrogens with two attached hydrogens (primary N) is 1. The number of nitrogen functional groups attached to an aromatic ring is 1. The van der Waals surface area contributed by atoms with E-state index >= 15 is 0 Å². The number of rotatable bonds is 12. The maximum absolute atomic E-state index is 11.1. The molecule has 0 unspecified atom stereocenters. The van der Waals surface area contributed by atoms with E-state index in [1.807, 2.05) is 121 Å². The molecule has 0 aliphatic carbocycles. The van der Waals surface area contributed by atoms with Crippen LogP contribution >= 0.6 is 8.60 Å². The first kappa shape index (κ1) is 31.1. The Labute approximate surface area is 273 Å². The molecule has 1 aliphatic heterocycles. The molecule has 1 aliphatic rings. The zero-order chi connectivity index (χ0) is 32.0. The minimum Gasteiger partial charge on any atom is -0.390 e. The maximum atomic E-state index is 11.1. The summed E-state index contributed by atoms with van der Waals surface area (Å²) in [5.41, 5.74) is 10.8. The van der Waals surface area contributed by atoms with Gasteiger partial charge in [-0.3, -0.25) is 13.6 Å². The van der Waals surface area contributed by atoms with Crippen LogP contribution in [0.15, 0.2) is 134 Å². The van der Waals surface area contributed by atoms with E-state index in [9.17, 15) is 5.11 Å². The lowest BCUT2D eigenvalue weighted by Gasteiger charge is -2.29. The molecule has 0 saturated carbocycles. The molecule has 1 fully saturated rings. The van der Waals surface area contributed by atoms with Crippen molar-refractivity contribution in [2.45, 2.75) is 37.1 Å². The van der Waals surface area contributed by atoms with Gasteiger partial charge < -0.3 is 20.1 Å². The topological polar surface area (TPSA) is 127 Å². The SMILES string of the molecule is Nc1ncnc2c1ncn2[C@H]1C[C@H](O)[C@@H](COP(OC(c2ccccc2)c2ccccc2)OC(c2ccccc2)c2ccccc2)O1. The van der Waals surface area contributed by atoms with Gasteiger partial charge in [-0.1, -0.05) is 121 Å². The summed E-state index contributed by atoms with van der Waals surface area (Å²) >= 11 is 0. The number of nitrogens with zero attached hydrogens (tertiary/aromatic N) is 4. The van der Waals surface area contributed by atoms with Gasteiger partial charge in [0.1, 0.15) is 36.4 Å². The van der Waals surface area contributed by atoms with Crippen molar-refractivity contribution in [3.8, 4) is 0 Å². The molecule has 10 nitrogen and oxygen atoms in total. The van der Waals surface area contributed by atoms with E-state index in [1.165, 1.54) is 6.33 Å². The monoisotopic (exact) mass is 647 g/mol. The van der Waals surface area contributed by atoms with E-state index in [0.29, 0.717) is 17.6 Å². The molecule has 238 valence electrons. The maximum Gasteiger partial charge on any atom is 0.334 e. The van der Waals surface area contributed by atoms with Crippen LogP contribution in [0.5, 0.6) is 0 Å². The highest BCUT2D eigenvalue weighted by Crippen LogP contribution is 2.52. The summed E-state index contributed by atoms with van der Waals surface area (Å²) in [5.74, 6) is 0.282. The van der Waals surface area contributed by atoms with Crippen molar-refractivity contribution in [2.24, 2.45) is 0 Å². The van der Waals surface area contributed by atoms with Crippen molar-refractivity contribution in [2.75, 3.05) is 12.3 Å². The first-order valence-electron chi connectivity index (χ1n) is 15.4. The van der Waals surface area contributed by atoms with Crippen molar-refractivity contribution in [3.63, 3.8) is 0 Å². The van der Waals surface area contributed by atoms with E-state index in [1.54, 1.807) is 10.9 Å².